The number of hydrogen-bond donors (Lipinski definition) is 0. The Morgan fingerprint density at radius 2 is 1.54 bits per heavy atom. The van der Waals surface area contributed by atoms with Gasteiger partial charge in [-0.05, 0) is 41.5 Å². The highest BCUT2D eigenvalue weighted by molar-refractivity contribution is 5.94. The van der Waals surface area contributed by atoms with Crippen molar-refractivity contribution in [2.45, 2.75) is 6.92 Å². The van der Waals surface area contributed by atoms with Crippen LogP contribution in [0.2, 0.25) is 0 Å². The van der Waals surface area contributed by atoms with Gasteiger partial charge in [0, 0.05) is 11.1 Å². The Balaban J connectivity index is 1.74. The van der Waals surface area contributed by atoms with Crippen molar-refractivity contribution < 1.29 is 4.42 Å². The SMILES string of the molecule is C/C=C/c1ccc(-c2nnc(-c3cccc4ccccc34)o2)cc1. The Morgan fingerprint density at radius 1 is 0.792 bits per heavy atom. The highest BCUT2D eigenvalue weighted by Gasteiger charge is 2.12. The number of rotatable bonds is 3. The van der Waals surface area contributed by atoms with Crippen LogP contribution in [0.25, 0.3) is 39.8 Å². The van der Waals surface area contributed by atoms with Gasteiger partial charge in [0.15, 0.2) is 0 Å². The summed E-state index contributed by atoms with van der Waals surface area (Å²) in [7, 11) is 0. The lowest BCUT2D eigenvalue weighted by molar-refractivity contribution is 0.585. The monoisotopic (exact) mass is 312 g/mol. The van der Waals surface area contributed by atoms with E-state index in [-0.39, 0.29) is 0 Å². The molecule has 0 fully saturated rings. The first-order chi connectivity index (χ1) is 11.8. The normalized spacial score (nSPS) is 11.4. The Kier molecular flexibility index (Phi) is 3.67. The van der Waals surface area contributed by atoms with Crippen molar-refractivity contribution in [3.05, 3.63) is 78.4 Å². The molecule has 0 aliphatic heterocycles. The molecular formula is C21H16N2O. The summed E-state index contributed by atoms with van der Waals surface area (Å²) in [6.07, 6.45) is 4.07. The zero-order valence-corrected chi connectivity index (χ0v) is 13.3. The van der Waals surface area contributed by atoms with E-state index in [0.29, 0.717) is 11.8 Å². The molecule has 4 aromatic rings. The molecule has 0 radical (unpaired) electrons. The van der Waals surface area contributed by atoms with Crippen molar-refractivity contribution in [2.24, 2.45) is 0 Å². The number of nitrogens with zero attached hydrogens (tertiary/aromatic N) is 2. The van der Waals surface area contributed by atoms with E-state index in [2.05, 4.69) is 34.5 Å². The third-order valence-electron chi connectivity index (χ3n) is 3.96. The predicted molar refractivity (Wildman–Crippen MR) is 97.4 cm³/mol. The van der Waals surface area contributed by atoms with E-state index in [1.165, 1.54) is 0 Å². The highest BCUT2D eigenvalue weighted by atomic mass is 16.4. The lowest BCUT2D eigenvalue weighted by atomic mass is 10.0. The summed E-state index contributed by atoms with van der Waals surface area (Å²) in [4.78, 5) is 0. The van der Waals surface area contributed by atoms with Crippen LogP contribution in [0.4, 0.5) is 0 Å². The summed E-state index contributed by atoms with van der Waals surface area (Å²) >= 11 is 0. The first-order valence-corrected chi connectivity index (χ1v) is 7.90. The summed E-state index contributed by atoms with van der Waals surface area (Å²) in [6, 6.07) is 22.4. The first kappa shape index (κ1) is 14.4. The topological polar surface area (TPSA) is 38.9 Å². The van der Waals surface area contributed by atoms with Gasteiger partial charge >= 0.3 is 0 Å². The molecule has 0 bridgehead atoms. The molecule has 3 heteroatoms. The summed E-state index contributed by atoms with van der Waals surface area (Å²) in [5, 5.41) is 10.7. The van der Waals surface area contributed by atoms with Gasteiger partial charge in [0.25, 0.3) is 0 Å². The van der Waals surface area contributed by atoms with Crippen molar-refractivity contribution in [1.29, 1.82) is 0 Å². The largest absolute Gasteiger partial charge is 0.416 e. The molecule has 0 amide bonds. The fourth-order valence-electron chi connectivity index (χ4n) is 2.79. The first-order valence-electron chi connectivity index (χ1n) is 7.90. The second-order valence-corrected chi connectivity index (χ2v) is 5.56. The van der Waals surface area contributed by atoms with Gasteiger partial charge in [-0.15, -0.1) is 10.2 Å². The van der Waals surface area contributed by atoms with Crippen molar-refractivity contribution in [3.8, 4) is 22.9 Å². The van der Waals surface area contributed by atoms with Crippen LogP contribution < -0.4 is 0 Å². The minimum Gasteiger partial charge on any atom is -0.416 e. The average molecular weight is 312 g/mol. The van der Waals surface area contributed by atoms with Crippen molar-refractivity contribution in [1.82, 2.24) is 10.2 Å². The van der Waals surface area contributed by atoms with Crippen LogP contribution in [0.15, 0.2) is 77.2 Å². The predicted octanol–water partition coefficient (Wildman–Crippen LogP) is 5.59. The summed E-state index contributed by atoms with van der Waals surface area (Å²) in [5.41, 5.74) is 3.02. The van der Waals surface area contributed by atoms with Gasteiger partial charge in [-0.25, -0.2) is 0 Å². The molecule has 1 heterocycles. The zero-order valence-electron chi connectivity index (χ0n) is 13.3. The molecular weight excluding hydrogens is 296 g/mol. The van der Waals surface area contributed by atoms with Crippen molar-refractivity contribution in [2.75, 3.05) is 0 Å². The number of fused-ring (bicyclic) bond motifs is 1. The molecule has 0 saturated heterocycles. The highest BCUT2D eigenvalue weighted by Crippen LogP contribution is 2.29. The van der Waals surface area contributed by atoms with Gasteiger partial charge in [-0.1, -0.05) is 60.7 Å². The average Bonchev–Trinajstić information content (AvgIpc) is 3.12. The Labute approximate surface area is 140 Å². The fraction of sp³-hybridized carbons (Fsp3) is 0.0476. The van der Waals surface area contributed by atoms with E-state index in [1.807, 2.05) is 61.5 Å². The van der Waals surface area contributed by atoms with Gasteiger partial charge in [0.05, 0.1) is 0 Å². The van der Waals surface area contributed by atoms with Gasteiger partial charge in [0.2, 0.25) is 11.8 Å². The molecule has 24 heavy (non-hydrogen) atoms. The maximum absolute atomic E-state index is 5.92. The lowest BCUT2D eigenvalue weighted by Gasteiger charge is -2.02. The molecule has 3 aromatic carbocycles. The van der Waals surface area contributed by atoms with Gasteiger partial charge in [-0.2, -0.15) is 0 Å². The fourth-order valence-corrected chi connectivity index (χ4v) is 2.79. The van der Waals surface area contributed by atoms with Crippen LogP contribution in [0, 0.1) is 0 Å². The Bertz CT molecular complexity index is 1010. The van der Waals surface area contributed by atoms with Crippen LogP contribution in [-0.2, 0) is 0 Å². The van der Waals surface area contributed by atoms with Crippen molar-refractivity contribution >= 4 is 16.8 Å². The van der Waals surface area contributed by atoms with Crippen LogP contribution >= 0.6 is 0 Å². The molecule has 0 atom stereocenters. The molecule has 3 nitrogen and oxygen atoms in total. The van der Waals surface area contributed by atoms with Crippen LogP contribution in [-0.4, -0.2) is 10.2 Å². The van der Waals surface area contributed by atoms with E-state index in [0.717, 1.165) is 27.5 Å². The number of hydrogen-bond acceptors (Lipinski definition) is 3. The molecule has 1 aromatic heterocycles. The third-order valence-corrected chi connectivity index (χ3v) is 3.96. The van der Waals surface area contributed by atoms with E-state index >= 15 is 0 Å². The number of benzene rings is 3. The summed E-state index contributed by atoms with van der Waals surface area (Å²) in [5.74, 6) is 1.07. The lowest BCUT2D eigenvalue weighted by Crippen LogP contribution is -1.81. The maximum Gasteiger partial charge on any atom is 0.248 e. The van der Waals surface area contributed by atoms with Crippen LogP contribution in [0.3, 0.4) is 0 Å². The quantitative estimate of drug-likeness (QED) is 0.495. The number of allylic oxidation sites excluding steroid dienone is 1. The second kappa shape index (κ2) is 6.13. The van der Waals surface area contributed by atoms with Crippen LogP contribution in [0.1, 0.15) is 12.5 Å². The number of aromatic nitrogens is 2. The van der Waals surface area contributed by atoms with Crippen LogP contribution in [0.5, 0.6) is 0 Å². The molecule has 0 spiro atoms. The summed E-state index contributed by atoms with van der Waals surface area (Å²) in [6.45, 7) is 2.00. The molecule has 0 aliphatic rings. The standard InChI is InChI=1S/C21H16N2O/c1-2-6-15-11-13-17(14-12-15)20-22-23-21(24-20)19-10-5-8-16-7-3-4-9-18(16)19/h2-14H,1H3/b6-2+. The smallest absolute Gasteiger partial charge is 0.248 e. The molecule has 0 N–H and O–H groups in total. The van der Waals surface area contributed by atoms with E-state index in [9.17, 15) is 0 Å². The molecule has 0 unspecified atom stereocenters. The molecule has 0 saturated carbocycles. The van der Waals surface area contributed by atoms with Crippen molar-refractivity contribution in [3.63, 3.8) is 0 Å². The summed E-state index contributed by atoms with van der Waals surface area (Å²) < 4.78 is 5.92. The van der Waals surface area contributed by atoms with E-state index in [4.69, 9.17) is 4.42 Å². The molecule has 116 valence electrons. The molecule has 0 aliphatic carbocycles. The van der Waals surface area contributed by atoms with Gasteiger partial charge in [0.1, 0.15) is 0 Å². The van der Waals surface area contributed by atoms with E-state index < -0.39 is 0 Å². The maximum atomic E-state index is 5.92. The Hall–Kier alpha value is -3.20. The van der Waals surface area contributed by atoms with E-state index in [1.54, 1.807) is 0 Å². The Morgan fingerprint density at radius 3 is 2.38 bits per heavy atom. The third kappa shape index (κ3) is 2.61. The van der Waals surface area contributed by atoms with Gasteiger partial charge < -0.3 is 4.42 Å². The second-order valence-electron chi connectivity index (χ2n) is 5.56. The molecule has 4 rings (SSSR count). The van der Waals surface area contributed by atoms with Gasteiger partial charge in [-0.3, -0.25) is 0 Å². The minimum absolute atomic E-state index is 0.532. The minimum atomic E-state index is 0.532. The zero-order chi connectivity index (χ0) is 16.4.